The average molecular weight is 304 g/mol. The SMILES string of the molecule is CCC(C)(C)NC(=O)COC(=O)Cn1nnc2ccccc21. The third-order valence-corrected chi connectivity index (χ3v) is 3.43. The molecule has 22 heavy (non-hydrogen) atoms. The smallest absolute Gasteiger partial charge is 0.328 e. The van der Waals surface area contributed by atoms with Gasteiger partial charge in [0.1, 0.15) is 12.1 Å². The monoisotopic (exact) mass is 304 g/mol. The van der Waals surface area contributed by atoms with Gasteiger partial charge in [-0.3, -0.25) is 9.59 Å². The molecular formula is C15H20N4O3. The number of para-hydroxylation sites is 1. The number of hydrogen-bond donors (Lipinski definition) is 1. The van der Waals surface area contributed by atoms with Crippen molar-refractivity contribution in [3.8, 4) is 0 Å². The van der Waals surface area contributed by atoms with Crippen LogP contribution in [0.3, 0.4) is 0 Å². The van der Waals surface area contributed by atoms with Crippen LogP contribution in [0.25, 0.3) is 11.0 Å². The average Bonchev–Trinajstić information content (AvgIpc) is 2.88. The number of nitrogens with one attached hydrogen (secondary N) is 1. The van der Waals surface area contributed by atoms with Crippen molar-refractivity contribution in [3.05, 3.63) is 24.3 Å². The molecule has 0 spiro atoms. The summed E-state index contributed by atoms with van der Waals surface area (Å²) in [6, 6.07) is 7.32. The minimum Gasteiger partial charge on any atom is -0.454 e. The van der Waals surface area contributed by atoms with Crippen molar-refractivity contribution in [2.45, 2.75) is 39.3 Å². The number of carbonyl (C=O) groups is 2. The number of hydrogen-bond acceptors (Lipinski definition) is 5. The van der Waals surface area contributed by atoms with E-state index in [4.69, 9.17) is 4.74 Å². The molecule has 0 aliphatic rings. The predicted octanol–water partition coefficient (Wildman–Crippen LogP) is 1.28. The minimum absolute atomic E-state index is 0.0784. The Morgan fingerprint density at radius 3 is 2.77 bits per heavy atom. The Kier molecular flexibility index (Phi) is 4.75. The first-order valence-corrected chi connectivity index (χ1v) is 7.16. The van der Waals surface area contributed by atoms with E-state index in [0.717, 1.165) is 11.9 Å². The summed E-state index contributed by atoms with van der Waals surface area (Å²) in [5, 5.41) is 10.7. The molecule has 0 saturated carbocycles. The first-order chi connectivity index (χ1) is 10.4. The van der Waals surface area contributed by atoms with Crippen LogP contribution in [0.4, 0.5) is 0 Å². The number of rotatable bonds is 6. The van der Waals surface area contributed by atoms with Gasteiger partial charge >= 0.3 is 5.97 Å². The fourth-order valence-electron chi connectivity index (χ4n) is 1.85. The fourth-order valence-corrected chi connectivity index (χ4v) is 1.85. The summed E-state index contributed by atoms with van der Waals surface area (Å²) in [5.41, 5.74) is 1.14. The molecule has 118 valence electrons. The van der Waals surface area contributed by atoms with Crippen LogP contribution >= 0.6 is 0 Å². The maximum absolute atomic E-state index is 11.8. The van der Waals surface area contributed by atoms with E-state index >= 15 is 0 Å². The molecule has 7 heteroatoms. The molecule has 0 unspecified atom stereocenters. The summed E-state index contributed by atoms with van der Waals surface area (Å²) in [5.74, 6) is -0.844. The number of esters is 1. The first-order valence-electron chi connectivity index (χ1n) is 7.16. The second-order valence-corrected chi connectivity index (χ2v) is 5.68. The fraction of sp³-hybridized carbons (Fsp3) is 0.467. The Labute approximate surface area is 128 Å². The molecule has 0 aliphatic heterocycles. The third kappa shape index (κ3) is 4.03. The zero-order valence-corrected chi connectivity index (χ0v) is 13.0. The molecule has 1 aromatic heterocycles. The van der Waals surface area contributed by atoms with Crippen molar-refractivity contribution < 1.29 is 14.3 Å². The highest BCUT2D eigenvalue weighted by molar-refractivity contribution is 5.81. The Hall–Kier alpha value is -2.44. The quantitative estimate of drug-likeness (QED) is 0.812. The lowest BCUT2D eigenvalue weighted by Gasteiger charge is -2.24. The Balaban J connectivity index is 1.87. The van der Waals surface area contributed by atoms with Crippen LogP contribution in [-0.2, 0) is 20.9 Å². The number of ether oxygens (including phenoxy) is 1. The lowest BCUT2D eigenvalue weighted by molar-refractivity contribution is -0.149. The van der Waals surface area contributed by atoms with Gasteiger partial charge in [-0.05, 0) is 32.4 Å². The van der Waals surface area contributed by atoms with Gasteiger partial charge in [-0.25, -0.2) is 4.68 Å². The standard InChI is InChI=1S/C15H20N4O3/c1-4-15(2,3)16-13(20)10-22-14(21)9-19-12-8-6-5-7-11(12)17-18-19/h5-8H,4,9-10H2,1-3H3,(H,16,20). The van der Waals surface area contributed by atoms with Gasteiger partial charge in [-0.1, -0.05) is 24.3 Å². The highest BCUT2D eigenvalue weighted by atomic mass is 16.5. The number of benzene rings is 1. The van der Waals surface area contributed by atoms with Crippen molar-refractivity contribution in [2.75, 3.05) is 6.61 Å². The molecule has 0 radical (unpaired) electrons. The van der Waals surface area contributed by atoms with Gasteiger partial charge in [0.05, 0.1) is 5.52 Å². The van der Waals surface area contributed by atoms with E-state index in [1.807, 2.05) is 45.0 Å². The number of nitrogens with zero attached hydrogens (tertiary/aromatic N) is 3. The van der Waals surface area contributed by atoms with Crippen LogP contribution in [0, 0.1) is 0 Å². The molecular weight excluding hydrogens is 284 g/mol. The Morgan fingerprint density at radius 1 is 1.32 bits per heavy atom. The van der Waals surface area contributed by atoms with E-state index in [-0.39, 0.29) is 24.6 Å². The summed E-state index contributed by atoms with van der Waals surface area (Å²) >= 11 is 0. The molecule has 0 bridgehead atoms. The van der Waals surface area contributed by atoms with E-state index in [1.54, 1.807) is 0 Å². The minimum atomic E-state index is -0.528. The molecule has 0 saturated heterocycles. The van der Waals surface area contributed by atoms with Crippen molar-refractivity contribution in [3.63, 3.8) is 0 Å². The highest BCUT2D eigenvalue weighted by Gasteiger charge is 2.19. The second kappa shape index (κ2) is 6.55. The Bertz CT molecular complexity index is 678. The summed E-state index contributed by atoms with van der Waals surface area (Å²) in [7, 11) is 0. The molecule has 1 heterocycles. The maximum Gasteiger partial charge on any atom is 0.328 e. The first kappa shape index (κ1) is 15.9. The zero-order chi connectivity index (χ0) is 16.2. The maximum atomic E-state index is 11.8. The molecule has 1 amide bonds. The number of amides is 1. The van der Waals surface area contributed by atoms with Gasteiger partial charge in [0.15, 0.2) is 6.61 Å². The highest BCUT2D eigenvalue weighted by Crippen LogP contribution is 2.09. The van der Waals surface area contributed by atoms with E-state index in [2.05, 4.69) is 15.6 Å². The van der Waals surface area contributed by atoms with Gasteiger partial charge in [-0.2, -0.15) is 0 Å². The van der Waals surface area contributed by atoms with Gasteiger partial charge in [0, 0.05) is 5.54 Å². The van der Waals surface area contributed by atoms with Crippen molar-refractivity contribution >= 4 is 22.9 Å². The lowest BCUT2D eigenvalue weighted by atomic mass is 10.0. The molecule has 1 aromatic carbocycles. The van der Waals surface area contributed by atoms with Crippen molar-refractivity contribution in [2.24, 2.45) is 0 Å². The summed E-state index contributed by atoms with van der Waals surface area (Å²) in [4.78, 5) is 23.5. The van der Waals surface area contributed by atoms with Crippen LogP contribution in [0.15, 0.2) is 24.3 Å². The van der Waals surface area contributed by atoms with E-state index in [1.165, 1.54) is 4.68 Å². The van der Waals surface area contributed by atoms with Crippen LogP contribution in [-0.4, -0.2) is 39.0 Å². The van der Waals surface area contributed by atoms with Gasteiger partial charge in [0.25, 0.3) is 5.91 Å². The molecule has 2 aromatic rings. The van der Waals surface area contributed by atoms with Crippen LogP contribution < -0.4 is 5.32 Å². The molecule has 2 rings (SSSR count). The topological polar surface area (TPSA) is 86.1 Å². The predicted molar refractivity (Wildman–Crippen MR) is 81.0 cm³/mol. The van der Waals surface area contributed by atoms with E-state index in [9.17, 15) is 9.59 Å². The van der Waals surface area contributed by atoms with E-state index in [0.29, 0.717) is 5.52 Å². The number of aromatic nitrogens is 3. The van der Waals surface area contributed by atoms with Crippen LogP contribution in [0.1, 0.15) is 27.2 Å². The van der Waals surface area contributed by atoms with Crippen LogP contribution in [0.5, 0.6) is 0 Å². The van der Waals surface area contributed by atoms with Crippen molar-refractivity contribution in [1.82, 2.24) is 20.3 Å². The van der Waals surface area contributed by atoms with E-state index < -0.39 is 5.97 Å². The molecule has 0 aliphatic carbocycles. The second-order valence-electron chi connectivity index (χ2n) is 5.68. The third-order valence-electron chi connectivity index (χ3n) is 3.43. The zero-order valence-electron chi connectivity index (χ0n) is 13.0. The van der Waals surface area contributed by atoms with Crippen molar-refractivity contribution in [1.29, 1.82) is 0 Å². The Morgan fingerprint density at radius 2 is 2.05 bits per heavy atom. The van der Waals surface area contributed by atoms with Gasteiger partial charge in [-0.15, -0.1) is 5.10 Å². The summed E-state index contributed by atoms with van der Waals surface area (Å²) in [6.07, 6.45) is 0.789. The number of fused-ring (bicyclic) bond motifs is 1. The number of carbonyl (C=O) groups excluding carboxylic acids is 2. The summed E-state index contributed by atoms with van der Waals surface area (Å²) < 4.78 is 6.43. The van der Waals surface area contributed by atoms with Gasteiger partial charge in [0.2, 0.25) is 0 Å². The van der Waals surface area contributed by atoms with Crippen LogP contribution in [0.2, 0.25) is 0 Å². The molecule has 0 fully saturated rings. The molecule has 7 nitrogen and oxygen atoms in total. The largest absolute Gasteiger partial charge is 0.454 e. The normalized spacial score (nSPS) is 11.4. The molecule has 0 atom stereocenters. The van der Waals surface area contributed by atoms with Gasteiger partial charge < -0.3 is 10.1 Å². The lowest BCUT2D eigenvalue weighted by Crippen LogP contribution is -2.44. The summed E-state index contributed by atoms with van der Waals surface area (Å²) in [6.45, 7) is 5.42. The molecule has 1 N–H and O–H groups in total.